The summed E-state index contributed by atoms with van der Waals surface area (Å²) in [5.74, 6) is -4.59. The molecule has 284 valence electrons. The minimum Gasteiger partial charge on any atom is -0.507 e. The number of rotatable bonds is 12. The van der Waals surface area contributed by atoms with E-state index in [0.717, 1.165) is 31.8 Å². The van der Waals surface area contributed by atoms with Gasteiger partial charge in [0.2, 0.25) is 11.4 Å². The van der Waals surface area contributed by atoms with Gasteiger partial charge in [-0.05, 0) is 32.8 Å². The lowest BCUT2D eigenvalue weighted by molar-refractivity contribution is -0.210. The van der Waals surface area contributed by atoms with E-state index >= 15 is 0 Å². The Balaban J connectivity index is 1.23. The molecule has 0 aromatic heterocycles. The van der Waals surface area contributed by atoms with Gasteiger partial charge in [0.25, 0.3) is 0 Å². The Hall–Kier alpha value is -3.73. The highest BCUT2D eigenvalue weighted by atomic mass is 16.7. The van der Waals surface area contributed by atoms with Crippen LogP contribution in [-0.2, 0) is 38.1 Å². The van der Waals surface area contributed by atoms with Crippen LogP contribution in [0.4, 0.5) is 0 Å². The molecule has 0 amide bonds. The average Bonchev–Trinajstić information content (AvgIpc) is 3.79. The molecule has 1 aromatic rings. The van der Waals surface area contributed by atoms with E-state index < -0.39 is 101 Å². The molecule has 1 aromatic carbocycles. The summed E-state index contributed by atoms with van der Waals surface area (Å²) in [5.41, 5.74) is -10.0. The van der Waals surface area contributed by atoms with E-state index in [1.807, 2.05) is 0 Å². The van der Waals surface area contributed by atoms with E-state index in [-0.39, 0.29) is 42.4 Å². The number of benzene rings is 1. The number of carboxylic acid groups (broad SMARTS) is 1. The van der Waals surface area contributed by atoms with E-state index in [9.17, 15) is 49.5 Å². The highest BCUT2D eigenvalue weighted by Crippen LogP contribution is 2.73. The number of ether oxygens (including phenoxy) is 4. The number of carbonyl (C=O) groups excluding carboxylic acids is 4. The number of unbranched alkanes of at least 4 members (excludes halogenated alkanes) is 5. The van der Waals surface area contributed by atoms with Crippen molar-refractivity contribution in [2.45, 2.75) is 150 Å². The second-order valence-electron chi connectivity index (χ2n) is 14.9. The van der Waals surface area contributed by atoms with Crippen molar-refractivity contribution < 1.29 is 73.6 Å². The predicted octanol–water partition coefficient (Wildman–Crippen LogP) is 2.17. The Kier molecular flexibility index (Phi) is 9.94. The number of Topliss-reactive ketones (excluding diaryl/α,β-unsaturated/α-hetero) is 1. The minimum absolute atomic E-state index is 0.0834. The number of hydrogen-bond donors (Lipinski definition) is 6. The SMILES string of the molecule is CC(=O)OC1C(C)OC(c2ccc3c(c2O)C(O)C24OC2(C3=O)C2(O)C(=O)C=C(C)CC2(O)CC4O)CC1OC(=O)CCCCCCCCC(=O)O. The molecule has 0 radical (unpaired) electrons. The van der Waals surface area contributed by atoms with Crippen LogP contribution >= 0.6 is 0 Å². The second-order valence-corrected chi connectivity index (χ2v) is 14.9. The molecule has 52 heavy (non-hydrogen) atoms. The number of fused-ring (bicyclic) bond motifs is 2. The molecular weight excluding hydrogens is 684 g/mol. The van der Waals surface area contributed by atoms with Gasteiger partial charge in [-0.15, -0.1) is 0 Å². The summed E-state index contributed by atoms with van der Waals surface area (Å²) in [7, 11) is 0. The lowest BCUT2D eigenvalue weighted by atomic mass is 9.50. The van der Waals surface area contributed by atoms with E-state index in [1.165, 1.54) is 19.1 Å². The Morgan fingerprint density at radius 2 is 1.63 bits per heavy atom. The maximum atomic E-state index is 14.3. The second kappa shape index (κ2) is 13.6. The molecular formula is C37H46O15. The van der Waals surface area contributed by atoms with Crippen LogP contribution in [0.25, 0.3) is 0 Å². The van der Waals surface area contributed by atoms with E-state index in [1.54, 1.807) is 13.8 Å². The molecule has 1 saturated carbocycles. The molecule has 3 aliphatic carbocycles. The van der Waals surface area contributed by atoms with Crippen molar-refractivity contribution in [2.24, 2.45) is 0 Å². The summed E-state index contributed by atoms with van der Waals surface area (Å²) < 4.78 is 23.2. The summed E-state index contributed by atoms with van der Waals surface area (Å²) in [6.07, 6.45) is -2.83. The quantitative estimate of drug-likeness (QED) is 0.102. The van der Waals surface area contributed by atoms with Crippen LogP contribution in [0, 0.1) is 0 Å². The van der Waals surface area contributed by atoms with Gasteiger partial charge in [0.1, 0.15) is 23.6 Å². The maximum Gasteiger partial charge on any atom is 0.306 e. The normalized spacial score (nSPS) is 37.5. The summed E-state index contributed by atoms with van der Waals surface area (Å²) in [5, 5.41) is 67.1. The number of aromatic hydroxyl groups is 1. The van der Waals surface area contributed by atoms with Gasteiger partial charge in [-0.2, -0.15) is 0 Å². The number of ketones is 2. The first-order valence-corrected chi connectivity index (χ1v) is 17.8. The Morgan fingerprint density at radius 1 is 0.981 bits per heavy atom. The van der Waals surface area contributed by atoms with Crippen molar-refractivity contribution >= 4 is 29.5 Å². The molecule has 2 saturated heterocycles. The molecule has 5 aliphatic rings. The van der Waals surface area contributed by atoms with Crippen LogP contribution in [0.1, 0.15) is 125 Å². The first-order valence-electron chi connectivity index (χ1n) is 17.8. The zero-order chi connectivity index (χ0) is 38.0. The molecule has 10 unspecified atom stereocenters. The first kappa shape index (κ1) is 38.0. The third kappa shape index (κ3) is 5.67. The number of aliphatic carboxylic acids is 1. The number of aliphatic hydroxyl groups excluding tert-OH is 2. The van der Waals surface area contributed by atoms with E-state index in [4.69, 9.17) is 24.1 Å². The van der Waals surface area contributed by atoms with Gasteiger partial charge in [-0.25, -0.2) is 0 Å². The van der Waals surface area contributed by atoms with Gasteiger partial charge in [0.05, 0.1) is 18.3 Å². The van der Waals surface area contributed by atoms with Crippen LogP contribution in [0.3, 0.4) is 0 Å². The van der Waals surface area contributed by atoms with Crippen LogP contribution in [0.5, 0.6) is 5.75 Å². The highest BCUT2D eigenvalue weighted by Gasteiger charge is 2.96. The van der Waals surface area contributed by atoms with Gasteiger partial charge in [0.15, 0.2) is 23.1 Å². The molecule has 15 heteroatoms. The van der Waals surface area contributed by atoms with Crippen molar-refractivity contribution in [3.05, 3.63) is 40.5 Å². The molecule has 0 bridgehead atoms. The molecule has 2 heterocycles. The fourth-order valence-electron chi connectivity index (χ4n) is 9.06. The highest BCUT2D eigenvalue weighted by molar-refractivity contribution is 6.17. The van der Waals surface area contributed by atoms with Crippen LogP contribution < -0.4 is 0 Å². The van der Waals surface area contributed by atoms with Gasteiger partial charge < -0.3 is 49.6 Å². The van der Waals surface area contributed by atoms with Crippen LogP contribution in [0.2, 0.25) is 0 Å². The monoisotopic (exact) mass is 730 g/mol. The van der Waals surface area contributed by atoms with Crippen molar-refractivity contribution in [3.8, 4) is 5.75 Å². The summed E-state index contributed by atoms with van der Waals surface area (Å²) in [4.78, 5) is 63.2. The average molecular weight is 731 g/mol. The number of phenolic OH excluding ortho intramolecular Hbond substituents is 1. The largest absolute Gasteiger partial charge is 0.507 e. The Morgan fingerprint density at radius 3 is 2.29 bits per heavy atom. The Bertz CT molecular complexity index is 1700. The molecule has 3 fully saturated rings. The predicted molar refractivity (Wildman–Crippen MR) is 176 cm³/mol. The summed E-state index contributed by atoms with van der Waals surface area (Å²) in [6, 6.07) is 2.62. The van der Waals surface area contributed by atoms with Gasteiger partial charge in [-0.3, -0.25) is 24.0 Å². The third-order valence-electron chi connectivity index (χ3n) is 11.4. The van der Waals surface area contributed by atoms with Crippen LogP contribution in [0.15, 0.2) is 23.8 Å². The topological polar surface area (TPSA) is 247 Å². The van der Waals surface area contributed by atoms with Crippen molar-refractivity contribution in [1.82, 2.24) is 0 Å². The van der Waals surface area contributed by atoms with Crippen molar-refractivity contribution in [2.75, 3.05) is 0 Å². The Labute approximate surface area is 299 Å². The number of phenols is 1. The first-order chi connectivity index (χ1) is 24.4. The molecule has 6 rings (SSSR count). The number of hydrogen-bond acceptors (Lipinski definition) is 14. The minimum atomic E-state index is -2.84. The molecule has 2 aliphatic heterocycles. The molecule has 10 atom stereocenters. The van der Waals surface area contributed by atoms with Gasteiger partial charge in [-0.1, -0.05) is 43.4 Å². The number of carboxylic acids is 1. The summed E-state index contributed by atoms with van der Waals surface area (Å²) in [6.45, 7) is 4.37. The van der Waals surface area contributed by atoms with Crippen LogP contribution in [-0.4, -0.2) is 107 Å². The molecule has 6 N–H and O–H groups in total. The summed E-state index contributed by atoms with van der Waals surface area (Å²) >= 11 is 0. The van der Waals surface area contributed by atoms with Gasteiger partial charge in [0, 0.05) is 55.7 Å². The zero-order valence-electron chi connectivity index (χ0n) is 29.3. The van der Waals surface area contributed by atoms with Gasteiger partial charge >= 0.3 is 17.9 Å². The molecule has 0 spiro atoms. The number of esters is 2. The third-order valence-corrected chi connectivity index (χ3v) is 11.4. The van der Waals surface area contributed by atoms with Crippen molar-refractivity contribution in [3.63, 3.8) is 0 Å². The van der Waals surface area contributed by atoms with Crippen molar-refractivity contribution in [1.29, 1.82) is 0 Å². The maximum absolute atomic E-state index is 14.3. The standard InChI is InChI=1S/C37H46O15/c1-18-14-25(39)36(48)34(47,16-18)17-26(40)35-33(46)29-22(32(45)37(35,36)52-35)13-12-21(30(29)44)23-15-24(31(19(2)49-23)50-20(3)38)51-28(43)11-9-7-5-4-6-8-10-27(41)42/h12-14,19,23-24,26,31,33,40,44,46-48H,4-11,15-17H2,1-3H3,(H,41,42). The van der Waals surface area contributed by atoms with E-state index in [0.29, 0.717) is 18.4 Å². The fourth-order valence-corrected chi connectivity index (χ4v) is 9.06. The lowest BCUT2D eigenvalue weighted by Gasteiger charge is -2.54. The fraction of sp³-hybridized carbons (Fsp3) is 0.649. The zero-order valence-corrected chi connectivity index (χ0v) is 29.3. The lowest BCUT2D eigenvalue weighted by Crippen LogP contribution is -2.78. The number of carbonyl (C=O) groups is 5. The number of aliphatic hydroxyl groups is 4. The number of epoxide rings is 1. The van der Waals surface area contributed by atoms with E-state index in [2.05, 4.69) is 0 Å². The molecule has 15 nitrogen and oxygen atoms in total. The smallest absolute Gasteiger partial charge is 0.306 e.